The van der Waals surface area contributed by atoms with E-state index >= 15 is 0 Å². The number of nitrogens with zero attached hydrogens (tertiary/aromatic N) is 1. The number of hydrogen-bond acceptors (Lipinski definition) is 6. The molecule has 1 aromatic carbocycles. The number of aldehydes is 1. The number of nitro groups is 1. The van der Waals surface area contributed by atoms with Crippen LogP contribution in [0, 0.1) is 10.1 Å². The van der Waals surface area contributed by atoms with Crippen molar-refractivity contribution in [3.63, 3.8) is 0 Å². The summed E-state index contributed by atoms with van der Waals surface area (Å²) in [5, 5.41) is 10.4. The Morgan fingerprint density at radius 1 is 1.35 bits per heavy atom. The molecule has 0 aliphatic carbocycles. The molecule has 102 valence electrons. The van der Waals surface area contributed by atoms with E-state index in [-0.39, 0.29) is 17.1 Å². The molecule has 1 heterocycles. The van der Waals surface area contributed by atoms with Gasteiger partial charge < -0.3 is 9.15 Å². The second-order valence-electron chi connectivity index (χ2n) is 3.58. The van der Waals surface area contributed by atoms with Crippen LogP contribution < -0.4 is 4.74 Å². The normalized spacial score (nSPS) is 10.1. The number of esters is 1. The Balaban J connectivity index is 2.23. The number of hydrogen-bond donors (Lipinski definition) is 0. The van der Waals surface area contributed by atoms with Crippen molar-refractivity contribution in [1.29, 1.82) is 0 Å². The Labute approximate surface area is 120 Å². The minimum atomic E-state index is -0.927. The highest BCUT2D eigenvalue weighted by Gasteiger charge is 2.20. The topological polar surface area (TPSA) is 99.7 Å². The highest BCUT2D eigenvalue weighted by molar-refractivity contribution is 9.10. The van der Waals surface area contributed by atoms with Gasteiger partial charge in [-0.1, -0.05) is 15.9 Å². The molecule has 0 spiro atoms. The van der Waals surface area contributed by atoms with E-state index in [1.54, 1.807) is 6.07 Å². The summed E-state index contributed by atoms with van der Waals surface area (Å²) in [6.45, 7) is 0. The Kier molecular flexibility index (Phi) is 3.94. The van der Waals surface area contributed by atoms with Gasteiger partial charge in [-0.3, -0.25) is 14.9 Å². The predicted molar refractivity (Wildman–Crippen MR) is 69.9 cm³/mol. The first-order valence-corrected chi connectivity index (χ1v) is 6.01. The van der Waals surface area contributed by atoms with Crippen molar-refractivity contribution in [2.75, 3.05) is 0 Å². The molecule has 0 atom stereocenters. The lowest BCUT2D eigenvalue weighted by molar-refractivity contribution is -0.402. The zero-order valence-corrected chi connectivity index (χ0v) is 11.3. The SMILES string of the molecule is O=Cc1cc(Br)ccc1OC(=O)c1ccc([N+](=O)[O-])o1. The van der Waals surface area contributed by atoms with Crippen molar-refractivity contribution in [1.82, 2.24) is 0 Å². The van der Waals surface area contributed by atoms with Gasteiger partial charge in [0.15, 0.2) is 6.29 Å². The summed E-state index contributed by atoms with van der Waals surface area (Å²) in [6, 6.07) is 6.64. The second kappa shape index (κ2) is 5.66. The van der Waals surface area contributed by atoms with E-state index in [1.807, 2.05) is 0 Å². The maximum absolute atomic E-state index is 11.7. The molecule has 0 aliphatic heterocycles. The highest BCUT2D eigenvalue weighted by atomic mass is 79.9. The molecule has 0 amide bonds. The monoisotopic (exact) mass is 339 g/mol. The molecule has 2 rings (SSSR count). The van der Waals surface area contributed by atoms with E-state index in [0.29, 0.717) is 10.8 Å². The maximum Gasteiger partial charge on any atom is 0.433 e. The molecule has 0 fully saturated rings. The fraction of sp³-hybridized carbons (Fsp3) is 0. The summed E-state index contributed by atoms with van der Waals surface area (Å²) in [5.74, 6) is -1.78. The largest absolute Gasteiger partial charge is 0.433 e. The molecular formula is C12H6BrNO6. The van der Waals surface area contributed by atoms with Crippen LogP contribution >= 0.6 is 15.9 Å². The van der Waals surface area contributed by atoms with Crippen molar-refractivity contribution in [2.45, 2.75) is 0 Å². The first-order valence-electron chi connectivity index (χ1n) is 5.22. The van der Waals surface area contributed by atoms with E-state index in [0.717, 1.165) is 12.1 Å². The van der Waals surface area contributed by atoms with E-state index in [4.69, 9.17) is 9.15 Å². The van der Waals surface area contributed by atoms with E-state index in [1.165, 1.54) is 12.1 Å². The Bertz CT molecular complexity index is 693. The molecule has 2 aromatic rings. The number of rotatable bonds is 4. The first-order chi connectivity index (χ1) is 9.51. The molecule has 1 aromatic heterocycles. The standard InChI is InChI=1S/C12H6BrNO6/c13-8-1-2-9(7(5-8)6-15)20-12(16)10-3-4-11(19-10)14(17)18/h1-6H. The van der Waals surface area contributed by atoms with E-state index in [2.05, 4.69) is 15.9 Å². The minimum Gasteiger partial charge on any atom is -0.420 e. The van der Waals surface area contributed by atoms with Gasteiger partial charge in [0.2, 0.25) is 5.76 Å². The van der Waals surface area contributed by atoms with E-state index in [9.17, 15) is 19.7 Å². The lowest BCUT2D eigenvalue weighted by atomic mass is 10.2. The van der Waals surface area contributed by atoms with Gasteiger partial charge in [-0.15, -0.1) is 0 Å². The van der Waals surface area contributed by atoms with Gasteiger partial charge in [-0.2, -0.15) is 0 Å². The lowest BCUT2D eigenvalue weighted by Crippen LogP contribution is -2.08. The third kappa shape index (κ3) is 2.91. The molecular weight excluding hydrogens is 334 g/mol. The Morgan fingerprint density at radius 2 is 2.10 bits per heavy atom. The summed E-state index contributed by atoms with van der Waals surface area (Å²) in [7, 11) is 0. The van der Waals surface area contributed by atoms with Gasteiger partial charge in [0.1, 0.15) is 10.7 Å². The summed E-state index contributed by atoms with van der Waals surface area (Å²) in [4.78, 5) is 32.3. The Hall–Kier alpha value is -2.48. The van der Waals surface area contributed by atoms with E-state index < -0.39 is 16.8 Å². The number of ether oxygens (including phenoxy) is 1. The van der Waals surface area contributed by atoms with Crippen LogP contribution in [0.15, 0.2) is 39.2 Å². The van der Waals surface area contributed by atoms with Crippen molar-refractivity contribution in [2.24, 2.45) is 0 Å². The van der Waals surface area contributed by atoms with Gasteiger partial charge in [-0.05, 0) is 24.3 Å². The minimum absolute atomic E-state index is 0.0345. The van der Waals surface area contributed by atoms with Gasteiger partial charge in [0.05, 0.1) is 11.6 Å². The van der Waals surface area contributed by atoms with Crippen LogP contribution in [0.4, 0.5) is 5.88 Å². The van der Waals surface area contributed by atoms with Crippen molar-refractivity contribution in [3.05, 3.63) is 56.2 Å². The zero-order chi connectivity index (χ0) is 14.7. The zero-order valence-electron chi connectivity index (χ0n) is 9.74. The molecule has 8 heteroatoms. The number of benzene rings is 1. The van der Waals surface area contributed by atoms with Gasteiger partial charge in [0, 0.05) is 4.47 Å². The average molecular weight is 340 g/mol. The summed E-state index contributed by atoms with van der Waals surface area (Å²) in [5.41, 5.74) is 0.161. The molecule has 7 nitrogen and oxygen atoms in total. The molecule has 0 bridgehead atoms. The molecule has 0 saturated heterocycles. The highest BCUT2D eigenvalue weighted by Crippen LogP contribution is 2.23. The predicted octanol–water partition coefficient (Wildman–Crippen LogP) is 2.98. The molecule has 0 N–H and O–H groups in total. The maximum atomic E-state index is 11.7. The number of furan rings is 1. The third-order valence-corrected chi connectivity index (χ3v) is 2.77. The molecule has 20 heavy (non-hydrogen) atoms. The number of halogens is 1. The van der Waals surface area contributed by atoms with Gasteiger partial charge in [-0.25, -0.2) is 4.79 Å². The molecule has 0 aliphatic rings. The molecule has 0 unspecified atom stereocenters. The number of carbonyl (C=O) groups is 2. The summed E-state index contributed by atoms with van der Waals surface area (Å²) in [6.07, 6.45) is 0.526. The lowest BCUT2D eigenvalue weighted by Gasteiger charge is -2.05. The van der Waals surface area contributed by atoms with Gasteiger partial charge in [0.25, 0.3) is 0 Å². The average Bonchev–Trinajstić information content (AvgIpc) is 2.90. The third-order valence-electron chi connectivity index (χ3n) is 2.27. The molecule has 0 radical (unpaired) electrons. The summed E-state index contributed by atoms with van der Waals surface area (Å²) >= 11 is 3.17. The smallest absolute Gasteiger partial charge is 0.420 e. The van der Waals surface area contributed by atoms with Crippen molar-refractivity contribution < 1.29 is 23.7 Å². The fourth-order valence-electron chi connectivity index (χ4n) is 1.39. The van der Waals surface area contributed by atoms with Crippen LogP contribution in [0.1, 0.15) is 20.9 Å². The van der Waals surface area contributed by atoms with Crippen LogP contribution in [0.3, 0.4) is 0 Å². The van der Waals surface area contributed by atoms with Crippen LogP contribution in [0.2, 0.25) is 0 Å². The Morgan fingerprint density at radius 3 is 2.70 bits per heavy atom. The van der Waals surface area contributed by atoms with Crippen LogP contribution in [0.5, 0.6) is 5.75 Å². The van der Waals surface area contributed by atoms with Crippen molar-refractivity contribution >= 4 is 34.1 Å². The number of carbonyl (C=O) groups excluding carboxylic acids is 2. The molecule has 0 saturated carbocycles. The van der Waals surface area contributed by atoms with Crippen LogP contribution in [-0.2, 0) is 0 Å². The second-order valence-corrected chi connectivity index (χ2v) is 4.50. The first kappa shape index (κ1) is 13.9. The fourth-order valence-corrected chi connectivity index (χ4v) is 1.77. The van der Waals surface area contributed by atoms with Crippen molar-refractivity contribution in [3.8, 4) is 5.75 Å². The van der Waals surface area contributed by atoms with Gasteiger partial charge >= 0.3 is 11.9 Å². The quantitative estimate of drug-likeness (QED) is 0.279. The van der Waals surface area contributed by atoms with Crippen LogP contribution in [0.25, 0.3) is 0 Å². The summed E-state index contributed by atoms with van der Waals surface area (Å²) < 4.78 is 10.3. The van der Waals surface area contributed by atoms with Crippen LogP contribution in [-0.4, -0.2) is 17.2 Å².